The number of nitrogens with zero attached hydrogens (tertiary/aromatic N) is 4. The summed E-state index contributed by atoms with van der Waals surface area (Å²) in [4.78, 5) is 4.54. The van der Waals surface area contributed by atoms with Gasteiger partial charge in [-0.1, -0.05) is 6.92 Å². The number of aryl methyl sites for hydroxylation is 1. The second-order valence-corrected chi connectivity index (χ2v) is 7.10. The number of nitrogen functional groups attached to an aromatic ring is 1. The van der Waals surface area contributed by atoms with Crippen LogP contribution in [-0.2, 0) is 19.1 Å². The van der Waals surface area contributed by atoms with Crippen molar-refractivity contribution >= 4 is 28.2 Å². The van der Waals surface area contributed by atoms with Crippen LogP contribution in [0.1, 0.15) is 23.9 Å². The van der Waals surface area contributed by atoms with Crippen molar-refractivity contribution in [1.29, 1.82) is 0 Å². The topological polar surface area (TPSA) is 99.6 Å². The summed E-state index contributed by atoms with van der Waals surface area (Å²) >= 11 is 0. The van der Waals surface area contributed by atoms with Gasteiger partial charge in [-0.25, -0.2) is 0 Å². The van der Waals surface area contributed by atoms with E-state index in [0.29, 0.717) is 46.3 Å². The van der Waals surface area contributed by atoms with Gasteiger partial charge in [-0.2, -0.15) is 18.2 Å². The number of nitrogens with one attached hydrogen (secondary N) is 1. The molecule has 0 fully saturated rings. The number of halogens is 3. The number of aromatic nitrogens is 4. The Labute approximate surface area is 181 Å². The quantitative estimate of drug-likeness (QED) is 0.431. The van der Waals surface area contributed by atoms with Crippen molar-refractivity contribution in [3.8, 4) is 11.5 Å². The van der Waals surface area contributed by atoms with E-state index >= 15 is 0 Å². The van der Waals surface area contributed by atoms with Gasteiger partial charge < -0.3 is 20.5 Å². The first-order chi connectivity index (χ1) is 15.2. The molecule has 0 unspecified atom stereocenters. The second kappa shape index (κ2) is 8.06. The molecule has 0 spiro atoms. The smallest absolute Gasteiger partial charge is 0.416 e. The highest BCUT2D eigenvalue weighted by Crippen LogP contribution is 2.36. The maximum atomic E-state index is 13.2. The summed E-state index contributed by atoms with van der Waals surface area (Å²) in [6.07, 6.45) is -3.86. The van der Waals surface area contributed by atoms with Crippen molar-refractivity contribution in [2.75, 3.05) is 25.3 Å². The van der Waals surface area contributed by atoms with Gasteiger partial charge in [0.2, 0.25) is 0 Å². The largest absolute Gasteiger partial charge is 0.493 e. The van der Waals surface area contributed by atoms with Crippen LogP contribution in [0.15, 0.2) is 30.3 Å². The van der Waals surface area contributed by atoms with Gasteiger partial charge in [0.05, 0.1) is 25.3 Å². The second-order valence-electron chi connectivity index (χ2n) is 7.10. The van der Waals surface area contributed by atoms with Gasteiger partial charge in [0.15, 0.2) is 11.5 Å². The first kappa shape index (κ1) is 21.5. The molecule has 3 N–H and O–H groups in total. The van der Waals surface area contributed by atoms with Gasteiger partial charge in [0, 0.05) is 30.1 Å². The van der Waals surface area contributed by atoms with Crippen molar-refractivity contribution in [3.05, 3.63) is 47.3 Å². The van der Waals surface area contributed by atoms with Crippen molar-refractivity contribution in [2.24, 2.45) is 0 Å². The molecule has 0 amide bonds. The van der Waals surface area contributed by atoms with E-state index in [1.165, 1.54) is 20.3 Å². The molecular formula is C21H21F3N6O2. The Bertz CT molecular complexity index is 1300. The molecule has 8 nitrogen and oxygen atoms in total. The lowest BCUT2D eigenvalue weighted by Crippen LogP contribution is -2.09. The molecule has 0 saturated heterocycles. The Morgan fingerprint density at radius 1 is 1.03 bits per heavy atom. The van der Waals surface area contributed by atoms with E-state index in [0.717, 1.165) is 17.6 Å². The molecule has 32 heavy (non-hydrogen) atoms. The summed E-state index contributed by atoms with van der Waals surface area (Å²) in [5.74, 6) is 2.48. The van der Waals surface area contributed by atoms with Gasteiger partial charge in [0.25, 0.3) is 5.78 Å². The van der Waals surface area contributed by atoms with Gasteiger partial charge in [-0.15, -0.1) is 10.2 Å². The molecule has 4 rings (SSSR count). The molecule has 0 saturated carbocycles. The molecule has 2 aromatic carbocycles. The molecule has 2 heterocycles. The van der Waals surface area contributed by atoms with E-state index < -0.39 is 11.7 Å². The summed E-state index contributed by atoms with van der Waals surface area (Å²) in [5, 5.41) is 12.1. The number of alkyl halides is 3. The molecular weight excluding hydrogens is 425 g/mol. The lowest BCUT2D eigenvalue weighted by Gasteiger charge is -2.15. The molecule has 0 aliphatic carbocycles. The summed E-state index contributed by atoms with van der Waals surface area (Å²) in [6.45, 7) is 2.02. The highest BCUT2D eigenvalue weighted by atomic mass is 19.4. The number of nitrogens with two attached hydrogens (primary N) is 1. The van der Waals surface area contributed by atoms with Gasteiger partial charge in [-0.05, 0) is 29.8 Å². The molecule has 0 atom stereocenters. The Kier molecular flexibility index (Phi) is 5.41. The zero-order valence-electron chi connectivity index (χ0n) is 17.6. The Morgan fingerprint density at radius 3 is 2.41 bits per heavy atom. The van der Waals surface area contributed by atoms with Gasteiger partial charge in [0.1, 0.15) is 11.6 Å². The lowest BCUT2D eigenvalue weighted by atomic mass is 10.1. The molecule has 168 valence electrons. The fourth-order valence-electron chi connectivity index (χ4n) is 3.56. The van der Waals surface area contributed by atoms with E-state index in [1.807, 2.05) is 11.3 Å². The third kappa shape index (κ3) is 3.81. The molecule has 0 bridgehead atoms. The fourth-order valence-corrected chi connectivity index (χ4v) is 3.56. The third-order valence-electron chi connectivity index (χ3n) is 5.04. The van der Waals surface area contributed by atoms with Crippen LogP contribution < -0.4 is 20.5 Å². The van der Waals surface area contributed by atoms with Crippen LogP contribution >= 0.6 is 0 Å². The summed E-state index contributed by atoms with van der Waals surface area (Å²) < 4.78 is 52.1. The monoisotopic (exact) mass is 446 g/mol. The summed E-state index contributed by atoms with van der Waals surface area (Å²) in [5.41, 5.74) is 5.99. The van der Waals surface area contributed by atoms with Crippen LogP contribution in [0.3, 0.4) is 0 Å². The lowest BCUT2D eigenvalue weighted by molar-refractivity contribution is -0.137. The first-order valence-electron chi connectivity index (χ1n) is 9.75. The zero-order valence-corrected chi connectivity index (χ0v) is 17.6. The number of methoxy groups -OCH3 is 2. The number of fused-ring (bicyclic) bond motifs is 3. The number of hydrogen-bond acceptors (Lipinski definition) is 7. The predicted octanol–water partition coefficient (Wildman–Crippen LogP) is 4.07. The van der Waals surface area contributed by atoms with Crippen molar-refractivity contribution in [1.82, 2.24) is 19.6 Å². The van der Waals surface area contributed by atoms with E-state index in [2.05, 4.69) is 20.5 Å². The molecule has 0 radical (unpaired) electrons. The van der Waals surface area contributed by atoms with Crippen LogP contribution in [0.4, 0.5) is 24.7 Å². The van der Waals surface area contributed by atoms with Crippen LogP contribution in [0.25, 0.3) is 16.7 Å². The normalized spacial score (nSPS) is 11.8. The Balaban J connectivity index is 1.83. The number of hydrogen-bond donors (Lipinski definition) is 2. The third-order valence-corrected chi connectivity index (χ3v) is 5.04. The van der Waals surface area contributed by atoms with E-state index in [-0.39, 0.29) is 12.2 Å². The minimum Gasteiger partial charge on any atom is -0.493 e. The van der Waals surface area contributed by atoms with Crippen LogP contribution in [0.2, 0.25) is 0 Å². The fraction of sp³-hybridized carbons (Fsp3) is 0.286. The molecule has 0 aliphatic heterocycles. The summed E-state index contributed by atoms with van der Waals surface area (Å²) in [7, 11) is 3.05. The van der Waals surface area contributed by atoms with Crippen LogP contribution in [-0.4, -0.2) is 33.8 Å². The Hall–Kier alpha value is -3.76. The van der Waals surface area contributed by atoms with E-state index in [9.17, 15) is 13.2 Å². The minimum absolute atomic E-state index is 0.0290. The van der Waals surface area contributed by atoms with Crippen molar-refractivity contribution < 1.29 is 22.6 Å². The molecule has 4 aromatic rings. The number of rotatable bonds is 6. The van der Waals surface area contributed by atoms with Crippen LogP contribution in [0.5, 0.6) is 11.5 Å². The Morgan fingerprint density at radius 2 is 1.75 bits per heavy atom. The number of ether oxygens (including phenoxy) is 2. The minimum atomic E-state index is -4.49. The highest BCUT2D eigenvalue weighted by molar-refractivity contribution is 5.93. The first-order valence-corrected chi connectivity index (χ1v) is 9.75. The summed E-state index contributed by atoms with van der Waals surface area (Å²) in [6, 6.07) is 6.99. The molecule has 11 heteroatoms. The average Bonchev–Trinajstić information content (AvgIpc) is 3.18. The average molecular weight is 446 g/mol. The van der Waals surface area contributed by atoms with Gasteiger partial charge >= 0.3 is 6.18 Å². The highest BCUT2D eigenvalue weighted by Gasteiger charge is 2.31. The van der Waals surface area contributed by atoms with Crippen LogP contribution in [0, 0.1) is 0 Å². The van der Waals surface area contributed by atoms with Gasteiger partial charge in [-0.3, -0.25) is 4.40 Å². The SMILES string of the molecule is CCc1nnc2nc(NCc3cc(N)cc(C(F)(F)F)c3)c3cc(OC)c(OC)cc3n12. The standard InChI is InChI=1S/C21H21F3N6O2/c1-4-18-28-29-20-27-19(14-8-16(31-2)17(32-3)9-15(14)30(18)20)26-10-11-5-12(21(22,23)24)7-13(25)6-11/h5-9H,4,10,25H2,1-3H3,(H,26,27,29). The van der Waals surface area contributed by atoms with Crippen molar-refractivity contribution in [3.63, 3.8) is 0 Å². The van der Waals surface area contributed by atoms with E-state index in [4.69, 9.17) is 15.2 Å². The number of benzene rings is 2. The van der Waals surface area contributed by atoms with Crippen molar-refractivity contribution in [2.45, 2.75) is 26.1 Å². The maximum absolute atomic E-state index is 13.2. The van der Waals surface area contributed by atoms with E-state index in [1.54, 1.807) is 12.1 Å². The molecule has 0 aliphatic rings. The molecule has 2 aromatic heterocycles. The zero-order chi connectivity index (χ0) is 23.0. The predicted molar refractivity (Wildman–Crippen MR) is 114 cm³/mol. The maximum Gasteiger partial charge on any atom is 0.416 e. The number of anilines is 2.